The summed E-state index contributed by atoms with van der Waals surface area (Å²) < 4.78 is 33.8. The Morgan fingerprint density at radius 2 is 0.897 bits per heavy atom. The van der Waals surface area contributed by atoms with Crippen molar-refractivity contribution in [3.8, 4) is 0 Å². The largest absolute Gasteiger partial charge is 0.481 e. The first-order valence-electron chi connectivity index (χ1n) is 11.0. The third kappa shape index (κ3) is 4.28. The molecule has 0 aliphatic rings. The van der Waals surface area contributed by atoms with Gasteiger partial charge in [0.1, 0.15) is 0 Å². The highest BCUT2D eigenvalue weighted by Crippen LogP contribution is 2.68. The summed E-state index contributed by atoms with van der Waals surface area (Å²) in [5.41, 5.74) is 0.353. The summed E-state index contributed by atoms with van der Waals surface area (Å²) in [6.07, 6.45) is 0. The average Bonchev–Trinajstić information content (AvgIpc) is 2.43. The maximum atomic E-state index is 13.5. The van der Waals surface area contributed by atoms with Crippen LogP contribution in [-0.2, 0) is 14.9 Å². The molecule has 0 unspecified atom stereocenters. The lowest BCUT2D eigenvalue weighted by atomic mass is 10.4. The summed E-state index contributed by atoms with van der Waals surface area (Å²) in [6, 6.07) is 0. The molecule has 0 aliphatic heterocycles. The average molecular weight is 467 g/mol. The molecule has 0 rings (SSSR count). The fourth-order valence-corrected chi connectivity index (χ4v) is 34.9. The Labute approximate surface area is 181 Å². The van der Waals surface area contributed by atoms with Gasteiger partial charge < -0.3 is 5.11 Å². The van der Waals surface area contributed by atoms with Crippen LogP contribution < -0.4 is 0 Å². The minimum Gasteiger partial charge on any atom is -0.481 e. The zero-order chi connectivity index (χ0) is 23.7. The van der Waals surface area contributed by atoms with Crippen molar-refractivity contribution < 1.29 is 22.9 Å². The first-order valence-corrected chi connectivity index (χ1v) is 17.1. The summed E-state index contributed by atoms with van der Waals surface area (Å²) in [6.45, 7) is 24.9. The molecule has 0 aromatic carbocycles. The predicted molar refractivity (Wildman–Crippen MR) is 129 cm³/mol. The SMILES string of the molecule is CC(C)[Si](C(C)C)(C(C)C)C(CS(=O)(=O)O)(C(=O)O)[Si](C(C)C)(C(C)C)C(C)C. The molecule has 0 heterocycles. The summed E-state index contributed by atoms with van der Waals surface area (Å²) >= 11 is 0. The van der Waals surface area contributed by atoms with E-state index in [0.717, 1.165) is 0 Å². The number of carboxylic acids is 1. The molecule has 29 heavy (non-hydrogen) atoms. The molecule has 0 saturated carbocycles. The van der Waals surface area contributed by atoms with Crippen LogP contribution in [0.25, 0.3) is 0 Å². The second-order valence-electron chi connectivity index (χ2n) is 10.7. The van der Waals surface area contributed by atoms with Crippen LogP contribution in [-0.4, -0.2) is 45.9 Å². The van der Waals surface area contributed by atoms with Crippen molar-refractivity contribution in [2.45, 2.75) is 121 Å². The zero-order valence-corrected chi connectivity index (χ0v) is 23.5. The third-order valence-electron chi connectivity index (χ3n) is 7.97. The molecule has 0 aromatic rings. The summed E-state index contributed by atoms with van der Waals surface area (Å²) in [4.78, 5) is 13.5. The Bertz CT molecular complexity index is 591. The Morgan fingerprint density at radius 3 is 1.00 bits per heavy atom. The summed E-state index contributed by atoms with van der Waals surface area (Å²) in [7, 11) is -10.3. The number of hydrogen-bond acceptors (Lipinski definition) is 3. The van der Waals surface area contributed by atoms with E-state index < -0.39 is 42.6 Å². The first kappa shape index (κ1) is 28.8. The molecule has 5 nitrogen and oxygen atoms in total. The highest BCUT2D eigenvalue weighted by Gasteiger charge is 2.75. The topological polar surface area (TPSA) is 91.7 Å². The van der Waals surface area contributed by atoms with Crippen molar-refractivity contribution in [1.82, 2.24) is 0 Å². The first-order chi connectivity index (χ1) is 12.8. The second-order valence-corrected chi connectivity index (χ2v) is 25.1. The van der Waals surface area contributed by atoms with Gasteiger partial charge in [-0.1, -0.05) is 83.1 Å². The van der Waals surface area contributed by atoms with E-state index >= 15 is 0 Å². The maximum Gasteiger partial charge on any atom is 0.305 e. The van der Waals surface area contributed by atoms with E-state index in [2.05, 4.69) is 83.1 Å². The lowest BCUT2D eigenvalue weighted by molar-refractivity contribution is -0.138. The molecule has 174 valence electrons. The van der Waals surface area contributed by atoms with Crippen LogP contribution in [0, 0.1) is 0 Å². The number of carboxylic acid groups (broad SMARTS) is 1. The Kier molecular flexibility index (Phi) is 9.47. The molecule has 8 heteroatoms. The minimum atomic E-state index is -4.51. The molecular formula is C21H46O5SSi2. The van der Waals surface area contributed by atoms with Gasteiger partial charge in [-0.05, 0) is 33.2 Å². The van der Waals surface area contributed by atoms with Gasteiger partial charge in [-0.15, -0.1) is 0 Å². The van der Waals surface area contributed by atoms with Crippen LogP contribution in [0.5, 0.6) is 0 Å². The van der Waals surface area contributed by atoms with Crippen LogP contribution in [0.1, 0.15) is 83.1 Å². The van der Waals surface area contributed by atoms with E-state index in [1.54, 1.807) is 0 Å². The van der Waals surface area contributed by atoms with E-state index in [9.17, 15) is 22.9 Å². The number of rotatable bonds is 11. The molecule has 0 bridgehead atoms. The van der Waals surface area contributed by atoms with Crippen molar-refractivity contribution in [3.05, 3.63) is 0 Å². The van der Waals surface area contributed by atoms with E-state index in [4.69, 9.17) is 0 Å². The van der Waals surface area contributed by atoms with Gasteiger partial charge in [-0.25, -0.2) is 0 Å². The molecule has 0 saturated heterocycles. The van der Waals surface area contributed by atoms with Crippen LogP contribution in [0.15, 0.2) is 0 Å². The maximum absolute atomic E-state index is 13.5. The predicted octanol–water partition coefficient (Wildman–Crippen LogP) is 6.60. The van der Waals surface area contributed by atoms with E-state index in [-0.39, 0.29) is 33.2 Å². The number of aliphatic carboxylic acids is 1. The molecule has 0 spiro atoms. The highest BCUT2D eigenvalue weighted by atomic mass is 32.2. The molecule has 2 N–H and O–H groups in total. The monoisotopic (exact) mass is 466 g/mol. The molecular weight excluding hydrogens is 420 g/mol. The second kappa shape index (κ2) is 9.53. The lowest BCUT2D eigenvalue weighted by Crippen LogP contribution is -2.74. The molecule has 0 aromatic heterocycles. The van der Waals surface area contributed by atoms with Crippen LogP contribution in [0.4, 0.5) is 0 Å². The van der Waals surface area contributed by atoms with Crippen molar-refractivity contribution in [2.75, 3.05) is 5.75 Å². The summed E-state index contributed by atoms with van der Waals surface area (Å²) in [5, 5.41) is 11.0. The fraction of sp³-hybridized carbons (Fsp3) is 0.952. The fourth-order valence-electron chi connectivity index (χ4n) is 8.29. The van der Waals surface area contributed by atoms with Gasteiger partial charge in [0, 0.05) is 0 Å². The van der Waals surface area contributed by atoms with Gasteiger partial charge in [-0.3, -0.25) is 9.35 Å². The Morgan fingerprint density at radius 1 is 0.690 bits per heavy atom. The molecule has 0 radical (unpaired) electrons. The number of hydrogen-bond donors (Lipinski definition) is 2. The van der Waals surface area contributed by atoms with E-state index in [0.29, 0.717) is 0 Å². The van der Waals surface area contributed by atoms with Crippen molar-refractivity contribution in [3.63, 3.8) is 0 Å². The van der Waals surface area contributed by atoms with Gasteiger partial charge in [0.15, 0.2) is 0 Å². The van der Waals surface area contributed by atoms with Crippen molar-refractivity contribution >= 4 is 32.2 Å². The quantitative estimate of drug-likeness (QED) is 0.264. The van der Waals surface area contributed by atoms with Crippen LogP contribution in [0.3, 0.4) is 0 Å². The van der Waals surface area contributed by atoms with E-state index in [1.807, 2.05) is 0 Å². The third-order valence-corrected chi connectivity index (χ3v) is 27.1. The Hall–Kier alpha value is -0.186. The lowest BCUT2D eigenvalue weighted by Gasteiger charge is -2.65. The molecule has 0 aliphatic carbocycles. The smallest absolute Gasteiger partial charge is 0.305 e. The molecule has 0 amide bonds. The Balaban J connectivity index is 8.17. The van der Waals surface area contributed by atoms with Crippen molar-refractivity contribution in [1.29, 1.82) is 0 Å². The standard InChI is InChI=1S/C21H46O5SSi2/c1-14(2)28(15(3)4,16(5)6)21(20(22)23,13-27(24,25)26)29(17(7)8,18(9)10)19(11)12/h14-19H,13H2,1-12H3,(H,22,23)(H,24,25,26). The van der Waals surface area contributed by atoms with Gasteiger partial charge in [-0.2, -0.15) is 8.42 Å². The normalized spacial score (nSPS) is 14.9. The van der Waals surface area contributed by atoms with E-state index in [1.165, 1.54) is 0 Å². The van der Waals surface area contributed by atoms with Gasteiger partial charge >= 0.3 is 5.97 Å². The van der Waals surface area contributed by atoms with Gasteiger partial charge in [0.25, 0.3) is 10.1 Å². The molecule has 0 fully saturated rings. The number of carbonyl (C=O) groups is 1. The minimum absolute atomic E-state index is 0.0588. The highest BCUT2D eigenvalue weighted by molar-refractivity contribution is 7.86. The van der Waals surface area contributed by atoms with Crippen LogP contribution >= 0.6 is 0 Å². The van der Waals surface area contributed by atoms with Gasteiger partial charge in [0.05, 0.1) is 26.6 Å². The summed E-state index contributed by atoms with van der Waals surface area (Å²) in [5.74, 6) is -1.66. The van der Waals surface area contributed by atoms with Crippen LogP contribution in [0.2, 0.25) is 37.9 Å². The zero-order valence-electron chi connectivity index (χ0n) is 20.7. The molecule has 0 atom stereocenters. The van der Waals surface area contributed by atoms with Gasteiger partial charge in [0.2, 0.25) is 0 Å². The van der Waals surface area contributed by atoms with Crippen molar-refractivity contribution in [2.24, 2.45) is 0 Å².